The van der Waals surface area contributed by atoms with Crippen LogP contribution in [0.1, 0.15) is 34.6 Å². The van der Waals surface area contributed by atoms with Crippen LogP contribution in [0.25, 0.3) is 0 Å². The van der Waals surface area contributed by atoms with Gasteiger partial charge in [-0.05, 0) is 32.0 Å². The lowest BCUT2D eigenvalue weighted by Crippen LogP contribution is -2.56. The van der Waals surface area contributed by atoms with E-state index in [0.717, 1.165) is 0 Å². The molecule has 0 amide bonds. The molecular weight excluding hydrogens is 425 g/mol. The molecule has 28 heavy (non-hydrogen) atoms. The summed E-state index contributed by atoms with van der Waals surface area (Å²) in [5.74, 6) is -4.30. The number of ether oxygens (including phenoxy) is 3. The standard InChI is InChI=1S/C15H27F3O8SSi/c1-12(2,3)28(6,7)22-8-9-14(19,26-27(20,21)15(16,17)18)10-11(23-9)25-13(4,5)24-10/h9-11,19H,8H2,1-7H3/t9-,10+,11?,14+/m1/s1. The van der Waals surface area contributed by atoms with Gasteiger partial charge in [0, 0.05) is 0 Å². The van der Waals surface area contributed by atoms with E-state index in [9.17, 15) is 26.7 Å². The molecule has 0 spiro atoms. The normalized spacial score (nSPS) is 33.9. The van der Waals surface area contributed by atoms with Crippen LogP contribution >= 0.6 is 0 Å². The van der Waals surface area contributed by atoms with Crippen molar-refractivity contribution in [1.82, 2.24) is 0 Å². The Labute approximate surface area is 163 Å². The maximum atomic E-state index is 12.8. The molecule has 0 aromatic rings. The second-order valence-electron chi connectivity index (χ2n) is 8.86. The summed E-state index contributed by atoms with van der Waals surface area (Å²) in [5.41, 5.74) is -5.74. The summed E-state index contributed by atoms with van der Waals surface area (Å²) in [6.45, 7) is 12.1. The maximum absolute atomic E-state index is 12.8. The fourth-order valence-electron chi connectivity index (χ4n) is 2.54. The molecule has 0 aromatic carbocycles. The Bertz CT molecular complexity index is 703. The lowest BCUT2D eigenvalue weighted by Gasteiger charge is -2.38. The van der Waals surface area contributed by atoms with Crippen LogP contribution in [0.4, 0.5) is 13.2 Å². The fraction of sp³-hybridized carbons (Fsp3) is 1.00. The average molecular weight is 453 g/mol. The van der Waals surface area contributed by atoms with E-state index in [4.69, 9.17) is 18.6 Å². The lowest BCUT2D eigenvalue weighted by atomic mass is 10.1. The van der Waals surface area contributed by atoms with Gasteiger partial charge in [-0.1, -0.05) is 20.8 Å². The zero-order chi connectivity index (χ0) is 22.0. The van der Waals surface area contributed by atoms with Crippen molar-refractivity contribution in [3.05, 3.63) is 0 Å². The largest absolute Gasteiger partial charge is 0.523 e. The molecule has 13 heteroatoms. The molecule has 2 fully saturated rings. The van der Waals surface area contributed by atoms with Crippen LogP contribution in [-0.4, -0.2) is 64.0 Å². The van der Waals surface area contributed by atoms with E-state index in [1.807, 2.05) is 33.9 Å². The summed E-state index contributed by atoms with van der Waals surface area (Å²) < 4.78 is 88.0. The summed E-state index contributed by atoms with van der Waals surface area (Å²) in [6, 6.07) is 0. The van der Waals surface area contributed by atoms with E-state index < -0.39 is 60.6 Å². The van der Waals surface area contributed by atoms with Gasteiger partial charge < -0.3 is 23.7 Å². The summed E-state index contributed by atoms with van der Waals surface area (Å²) in [6.07, 6.45) is -4.52. The van der Waals surface area contributed by atoms with Crippen LogP contribution < -0.4 is 0 Å². The van der Waals surface area contributed by atoms with Crippen LogP contribution in [0.15, 0.2) is 0 Å². The summed E-state index contributed by atoms with van der Waals surface area (Å²) >= 11 is 0. The minimum Gasteiger partial charge on any atom is -0.414 e. The van der Waals surface area contributed by atoms with E-state index >= 15 is 0 Å². The van der Waals surface area contributed by atoms with Gasteiger partial charge in [0.05, 0.1) is 6.61 Å². The molecule has 8 nitrogen and oxygen atoms in total. The highest BCUT2D eigenvalue weighted by Crippen LogP contribution is 2.46. The molecule has 2 heterocycles. The Morgan fingerprint density at radius 3 is 2.14 bits per heavy atom. The lowest BCUT2D eigenvalue weighted by molar-refractivity contribution is -0.275. The molecule has 2 saturated heterocycles. The van der Waals surface area contributed by atoms with Gasteiger partial charge >= 0.3 is 15.6 Å². The molecule has 1 N–H and O–H groups in total. The first-order chi connectivity index (χ1) is 12.2. The monoisotopic (exact) mass is 452 g/mol. The van der Waals surface area contributed by atoms with Crippen molar-refractivity contribution >= 4 is 18.4 Å². The molecule has 2 rings (SSSR count). The van der Waals surface area contributed by atoms with Crippen molar-refractivity contribution in [2.24, 2.45) is 0 Å². The van der Waals surface area contributed by atoms with Crippen LogP contribution in [0.2, 0.25) is 18.1 Å². The Kier molecular flexibility index (Phi) is 5.89. The van der Waals surface area contributed by atoms with Gasteiger partial charge in [0.2, 0.25) is 5.79 Å². The molecule has 0 bridgehead atoms. The molecule has 4 atom stereocenters. The number of fused-ring (bicyclic) bond motifs is 1. The van der Waals surface area contributed by atoms with Gasteiger partial charge in [0.25, 0.3) is 0 Å². The van der Waals surface area contributed by atoms with Crippen molar-refractivity contribution in [2.75, 3.05) is 6.61 Å². The summed E-state index contributed by atoms with van der Waals surface area (Å²) in [4.78, 5) is 0. The molecular formula is C15H27F3O8SSi. The predicted molar refractivity (Wildman–Crippen MR) is 92.9 cm³/mol. The van der Waals surface area contributed by atoms with Gasteiger partial charge in [0.1, 0.15) is 6.10 Å². The average Bonchev–Trinajstić information content (AvgIpc) is 2.86. The Balaban J connectivity index is 2.32. The molecule has 0 radical (unpaired) electrons. The van der Waals surface area contributed by atoms with Crippen LogP contribution in [0.3, 0.4) is 0 Å². The van der Waals surface area contributed by atoms with E-state index in [2.05, 4.69) is 4.18 Å². The van der Waals surface area contributed by atoms with Crippen molar-refractivity contribution in [2.45, 2.75) is 88.3 Å². The number of rotatable bonds is 5. The third-order valence-corrected chi connectivity index (χ3v) is 10.7. The van der Waals surface area contributed by atoms with Gasteiger partial charge in [-0.25, -0.2) is 4.18 Å². The van der Waals surface area contributed by atoms with Gasteiger partial charge in [-0.3, -0.25) is 0 Å². The van der Waals surface area contributed by atoms with Crippen molar-refractivity contribution < 1.29 is 49.5 Å². The second kappa shape index (κ2) is 6.87. The first kappa shape index (κ1) is 24.0. The van der Waals surface area contributed by atoms with E-state index in [1.165, 1.54) is 13.8 Å². The van der Waals surface area contributed by atoms with Gasteiger partial charge in [0.15, 0.2) is 26.5 Å². The second-order valence-corrected chi connectivity index (χ2v) is 15.2. The van der Waals surface area contributed by atoms with Gasteiger partial charge in [-0.15, -0.1) is 0 Å². The minimum absolute atomic E-state index is 0.243. The molecule has 166 valence electrons. The third-order valence-electron chi connectivity index (χ3n) is 5.15. The van der Waals surface area contributed by atoms with Crippen LogP contribution in [0, 0.1) is 0 Å². The fourth-order valence-corrected chi connectivity index (χ4v) is 4.18. The summed E-state index contributed by atoms with van der Waals surface area (Å²) in [7, 11) is -8.54. The summed E-state index contributed by atoms with van der Waals surface area (Å²) in [5, 5.41) is 10.6. The zero-order valence-electron chi connectivity index (χ0n) is 16.8. The highest BCUT2D eigenvalue weighted by molar-refractivity contribution is 7.87. The van der Waals surface area contributed by atoms with Crippen molar-refractivity contribution in [1.29, 1.82) is 0 Å². The van der Waals surface area contributed by atoms with E-state index in [-0.39, 0.29) is 5.04 Å². The SMILES string of the molecule is CC1(C)OC2O[C@H](CO[Si](C)(C)C(C)(C)C)[C@](O)(OS(=O)(=O)C(F)(F)F)[C@H]2O1. The van der Waals surface area contributed by atoms with E-state index in [1.54, 1.807) is 0 Å². The molecule has 2 aliphatic rings. The first-order valence-corrected chi connectivity index (χ1v) is 12.9. The highest BCUT2D eigenvalue weighted by atomic mass is 32.2. The third kappa shape index (κ3) is 4.41. The number of hydrogen-bond acceptors (Lipinski definition) is 8. The number of alkyl halides is 3. The topological polar surface area (TPSA) is 101 Å². The van der Waals surface area contributed by atoms with Crippen LogP contribution in [-0.2, 0) is 32.9 Å². The van der Waals surface area contributed by atoms with Gasteiger partial charge in [-0.2, -0.15) is 21.6 Å². The number of hydrogen-bond donors (Lipinski definition) is 1. The van der Waals surface area contributed by atoms with Crippen molar-refractivity contribution in [3.63, 3.8) is 0 Å². The Morgan fingerprint density at radius 1 is 1.14 bits per heavy atom. The highest BCUT2D eigenvalue weighted by Gasteiger charge is 2.68. The number of halogens is 3. The first-order valence-electron chi connectivity index (χ1n) is 8.61. The Morgan fingerprint density at radius 2 is 1.68 bits per heavy atom. The quantitative estimate of drug-likeness (QED) is 0.294. The maximum Gasteiger partial charge on any atom is 0.523 e. The number of aliphatic hydroxyl groups is 1. The predicted octanol–water partition coefficient (Wildman–Crippen LogP) is 2.44. The van der Waals surface area contributed by atoms with Crippen molar-refractivity contribution in [3.8, 4) is 0 Å². The van der Waals surface area contributed by atoms with E-state index in [0.29, 0.717) is 0 Å². The molecule has 0 aromatic heterocycles. The smallest absolute Gasteiger partial charge is 0.414 e. The molecule has 0 aliphatic carbocycles. The minimum atomic E-state index is -6.14. The Hall–Kier alpha value is -0.283. The molecule has 1 unspecified atom stereocenters. The zero-order valence-corrected chi connectivity index (χ0v) is 18.6. The molecule has 0 saturated carbocycles. The molecule has 2 aliphatic heterocycles. The van der Waals surface area contributed by atoms with Crippen LogP contribution in [0.5, 0.6) is 0 Å².